The van der Waals surface area contributed by atoms with Crippen LogP contribution in [0.15, 0.2) is 10.6 Å². The van der Waals surface area contributed by atoms with Crippen LogP contribution in [0.3, 0.4) is 0 Å². The second kappa shape index (κ2) is 6.17. The molecule has 1 unspecified atom stereocenters. The van der Waals surface area contributed by atoms with Crippen LogP contribution in [0.2, 0.25) is 0 Å². The third-order valence-electron chi connectivity index (χ3n) is 5.86. The summed E-state index contributed by atoms with van der Waals surface area (Å²) in [5.74, 6) is 0.380. The number of carbonyl (C=O) groups excluding carboxylic acids is 1. The van der Waals surface area contributed by atoms with Crippen LogP contribution in [0.4, 0.5) is 0 Å². The van der Waals surface area contributed by atoms with Crippen LogP contribution >= 0.6 is 0 Å². The lowest BCUT2D eigenvalue weighted by atomic mass is 9.83. The summed E-state index contributed by atoms with van der Waals surface area (Å²) in [6.07, 6.45) is 1.22. The second-order valence-corrected chi connectivity index (χ2v) is 7.83. The number of hydrogen-bond acceptors (Lipinski definition) is 6. The number of aliphatic hydroxyl groups is 1. The van der Waals surface area contributed by atoms with Crippen molar-refractivity contribution in [2.24, 2.45) is 0 Å². The van der Waals surface area contributed by atoms with Gasteiger partial charge in [-0.1, -0.05) is 12.1 Å². The minimum absolute atomic E-state index is 0.177. The van der Waals surface area contributed by atoms with Crippen LogP contribution in [-0.2, 0) is 11.3 Å². The Morgan fingerprint density at radius 3 is 2.67 bits per heavy atom. The molecule has 1 atom stereocenters. The van der Waals surface area contributed by atoms with Gasteiger partial charge in [-0.3, -0.25) is 9.48 Å². The zero-order valence-corrected chi connectivity index (χ0v) is 16.3. The Bertz CT molecular complexity index is 880. The van der Waals surface area contributed by atoms with Gasteiger partial charge < -0.3 is 19.3 Å². The highest BCUT2D eigenvalue weighted by atomic mass is 16.5. The van der Waals surface area contributed by atoms with E-state index in [1.54, 1.807) is 11.0 Å². The molecule has 2 aromatic heterocycles. The monoisotopic (exact) mass is 374 g/mol. The van der Waals surface area contributed by atoms with E-state index in [1.165, 1.54) is 0 Å². The number of nitrogens with zero attached hydrogens (tertiary/aromatic N) is 4. The van der Waals surface area contributed by atoms with Gasteiger partial charge in [0.2, 0.25) is 0 Å². The highest BCUT2D eigenvalue weighted by Gasteiger charge is 2.55. The molecule has 0 saturated carbocycles. The topological polar surface area (TPSA) is 93.6 Å². The molecule has 4 rings (SSSR count). The van der Waals surface area contributed by atoms with Crippen LogP contribution in [0.5, 0.6) is 0 Å². The quantitative estimate of drug-likeness (QED) is 0.879. The summed E-state index contributed by atoms with van der Waals surface area (Å²) in [6, 6.07) is 1.68. The Kier molecular flexibility index (Phi) is 4.16. The average Bonchev–Trinajstić information content (AvgIpc) is 3.30. The summed E-state index contributed by atoms with van der Waals surface area (Å²) < 4.78 is 13.2. The summed E-state index contributed by atoms with van der Waals surface area (Å²) in [7, 11) is 0. The molecule has 2 fully saturated rings. The van der Waals surface area contributed by atoms with Gasteiger partial charge in [0, 0.05) is 24.7 Å². The van der Waals surface area contributed by atoms with Crippen LogP contribution in [0.25, 0.3) is 11.3 Å². The zero-order chi connectivity index (χ0) is 19.4. The number of ether oxygens (including phenoxy) is 1. The third kappa shape index (κ3) is 2.87. The van der Waals surface area contributed by atoms with E-state index in [4.69, 9.17) is 9.26 Å². The molecule has 8 nitrogen and oxygen atoms in total. The van der Waals surface area contributed by atoms with E-state index in [-0.39, 0.29) is 11.6 Å². The predicted octanol–water partition coefficient (Wildman–Crippen LogP) is 1.93. The van der Waals surface area contributed by atoms with E-state index >= 15 is 0 Å². The van der Waals surface area contributed by atoms with E-state index in [0.29, 0.717) is 38.3 Å². The Balaban J connectivity index is 1.47. The fourth-order valence-electron chi connectivity index (χ4n) is 4.23. The zero-order valence-electron chi connectivity index (χ0n) is 16.3. The number of aryl methyl sites for hydroxylation is 2. The minimum atomic E-state index is -0.773. The van der Waals surface area contributed by atoms with Crippen molar-refractivity contribution in [3.63, 3.8) is 0 Å². The molecule has 8 heteroatoms. The highest BCUT2D eigenvalue weighted by molar-refractivity contribution is 5.94. The van der Waals surface area contributed by atoms with E-state index in [9.17, 15) is 9.90 Å². The molecule has 0 radical (unpaired) electrons. The molecule has 4 heterocycles. The van der Waals surface area contributed by atoms with Crippen molar-refractivity contribution in [3.05, 3.63) is 23.1 Å². The van der Waals surface area contributed by atoms with E-state index in [2.05, 4.69) is 10.3 Å². The first-order valence-electron chi connectivity index (χ1n) is 9.46. The van der Waals surface area contributed by atoms with Crippen LogP contribution < -0.4 is 0 Å². The Morgan fingerprint density at radius 2 is 2.07 bits per heavy atom. The summed E-state index contributed by atoms with van der Waals surface area (Å²) in [5, 5.41) is 18.8. The van der Waals surface area contributed by atoms with Gasteiger partial charge in [0.25, 0.3) is 5.91 Å². The first-order chi connectivity index (χ1) is 12.8. The predicted molar refractivity (Wildman–Crippen MR) is 97.3 cm³/mol. The maximum absolute atomic E-state index is 12.7. The van der Waals surface area contributed by atoms with Gasteiger partial charge in [0.1, 0.15) is 5.60 Å². The van der Waals surface area contributed by atoms with E-state index < -0.39 is 11.2 Å². The van der Waals surface area contributed by atoms with Crippen molar-refractivity contribution >= 4 is 5.91 Å². The van der Waals surface area contributed by atoms with Gasteiger partial charge in [0.05, 0.1) is 36.6 Å². The van der Waals surface area contributed by atoms with Crippen LogP contribution in [0, 0.1) is 13.8 Å². The van der Waals surface area contributed by atoms with Gasteiger partial charge in [-0.05, 0) is 27.2 Å². The fraction of sp³-hybridized carbons (Fsp3) is 0.632. The summed E-state index contributed by atoms with van der Waals surface area (Å²) in [5.41, 5.74) is 1.83. The average molecular weight is 374 g/mol. The largest absolute Gasteiger partial charge is 0.387 e. The molecule has 2 aromatic rings. The molecular weight excluding hydrogens is 348 g/mol. The van der Waals surface area contributed by atoms with Crippen LogP contribution in [-0.4, -0.2) is 61.7 Å². The molecule has 27 heavy (non-hydrogen) atoms. The van der Waals surface area contributed by atoms with Gasteiger partial charge in [-0.15, -0.1) is 0 Å². The Labute approximate surface area is 158 Å². The van der Waals surface area contributed by atoms with Crippen molar-refractivity contribution in [1.29, 1.82) is 0 Å². The van der Waals surface area contributed by atoms with Crippen molar-refractivity contribution in [2.75, 3.05) is 19.7 Å². The maximum atomic E-state index is 12.7. The maximum Gasteiger partial charge on any atom is 0.276 e. The molecule has 0 aromatic carbocycles. The van der Waals surface area contributed by atoms with Crippen molar-refractivity contribution in [3.8, 4) is 11.3 Å². The highest BCUT2D eigenvalue weighted by Crippen LogP contribution is 2.41. The third-order valence-corrected chi connectivity index (χ3v) is 5.86. The normalized spacial score (nSPS) is 23.8. The van der Waals surface area contributed by atoms with Crippen molar-refractivity contribution < 1.29 is 19.2 Å². The fourth-order valence-corrected chi connectivity index (χ4v) is 4.23. The summed E-state index contributed by atoms with van der Waals surface area (Å²) >= 11 is 0. The number of hydrogen-bond donors (Lipinski definition) is 1. The second-order valence-electron chi connectivity index (χ2n) is 7.83. The molecule has 1 spiro atoms. The number of amides is 1. The van der Waals surface area contributed by atoms with Gasteiger partial charge >= 0.3 is 0 Å². The lowest BCUT2D eigenvalue weighted by Gasteiger charge is -2.46. The minimum Gasteiger partial charge on any atom is -0.387 e. The molecule has 146 valence electrons. The first kappa shape index (κ1) is 18.2. The molecule has 2 aliphatic rings. The number of likely N-dealkylation sites (tertiary alicyclic amines) is 1. The molecular formula is C19H26N4O4. The smallest absolute Gasteiger partial charge is 0.276 e. The lowest BCUT2D eigenvalue weighted by molar-refractivity contribution is -0.0957. The molecule has 2 aliphatic heterocycles. The molecule has 2 saturated heterocycles. The van der Waals surface area contributed by atoms with Crippen LogP contribution in [0.1, 0.15) is 48.6 Å². The number of carbonyl (C=O) groups is 1. The Morgan fingerprint density at radius 1 is 1.33 bits per heavy atom. The first-order valence-corrected chi connectivity index (χ1v) is 9.46. The van der Waals surface area contributed by atoms with Crippen molar-refractivity contribution in [1.82, 2.24) is 19.8 Å². The standard InChI is InChI=1S/C19H26N4O4/c1-5-18(25)8-19(26-11-18)9-22(10-19)17(24)14-7-15(27-21-14)16-12(3)20-23(6-2)13(16)4/h7,25H,5-6,8-11H2,1-4H3. The summed E-state index contributed by atoms with van der Waals surface area (Å²) in [4.78, 5) is 14.4. The summed E-state index contributed by atoms with van der Waals surface area (Å²) in [6.45, 7) is 9.93. The van der Waals surface area contributed by atoms with Gasteiger partial charge in [-0.2, -0.15) is 5.10 Å². The van der Waals surface area contributed by atoms with E-state index in [0.717, 1.165) is 23.5 Å². The van der Waals surface area contributed by atoms with Gasteiger partial charge in [0.15, 0.2) is 11.5 Å². The Hall–Kier alpha value is -2.19. The van der Waals surface area contributed by atoms with E-state index in [1.807, 2.05) is 32.4 Å². The van der Waals surface area contributed by atoms with Crippen molar-refractivity contribution in [2.45, 2.75) is 58.3 Å². The molecule has 1 amide bonds. The lowest BCUT2D eigenvalue weighted by Crippen LogP contribution is -2.63. The molecule has 1 N–H and O–H groups in total. The molecule has 0 aliphatic carbocycles. The molecule has 0 bridgehead atoms. The SMILES string of the molecule is CCn1nc(C)c(-c2cc(C(=O)N3CC4(C3)CC(O)(CC)CO4)no2)c1C. The van der Waals surface area contributed by atoms with Gasteiger partial charge in [-0.25, -0.2) is 0 Å². The number of rotatable bonds is 4. The number of aromatic nitrogens is 3.